The van der Waals surface area contributed by atoms with Gasteiger partial charge in [0.1, 0.15) is 5.82 Å². The highest BCUT2D eigenvalue weighted by atomic mass is 19.1. The quantitative estimate of drug-likeness (QED) is 0.653. The number of carbonyl (C=O) groups excluding carboxylic acids is 1. The van der Waals surface area contributed by atoms with Crippen LogP contribution in [0.5, 0.6) is 0 Å². The lowest BCUT2D eigenvalue weighted by atomic mass is 10.1. The average Bonchev–Trinajstić information content (AvgIpc) is 2.79. The summed E-state index contributed by atoms with van der Waals surface area (Å²) in [6, 6.07) is 14.7. The summed E-state index contributed by atoms with van der Waals surface area (Å²) in [6.07, 6.45) is 2.51. The molecule has 0 bridgehead atoms. The van der Waals surface area contributed by atoms with Crippen LogP contribution in [0.2, 0.25) is 0 Å². The van der Waals surface area contributed by atoms with Gasteiger partial charge in [0.25, 0.3) is 0 Å². The number of hydrogen-bond acceptors (Lipinski definition) is 4. The Morgan fingerprint density at radius 2 is 1.81 bits per heavy atom. The number of hydrogen-bond donors (Lipinski definition) is 1. The zero-order valence-electron chi connectivity index (χ0n) is 18.8. The monoisotopic (exact) mass is 427 g/mol. The zero-order chi connectivity index (χ0) is 22.2. The van der Waals surface area contributed by atoms with E-state index in [4.69, 9.17) is 4.74 Å². The Bertz CT molecular complexity index is 818. The van der Waals surface area contributed by atoms with E-state index in [2.05, 4.69) is 46.3 Å². The highest BCUT2D eigenvalue weighted by Gasteiger charge is 2.19. The third-order valence-corrected chi connectivity index (χ3v) is 6.04. The lowest BCUT2D eigenvalue weighted by Gasteiger charge is -2.33. The van der Waals surface area contributed by atoms with Crippen LogP contribution in [0.3, 0.4) is 0 Å². The summed E-state index contributed by atoms with van der Waals surface area (Å²) in [5, 5.41) is 3.01. The summed E-state index contributed by atoms with van der Waals surface area (Å²) in [5.74, 6) is -0.304. The molecule has 0 radical (unpaired) electrons. The molecule has 31 heavy (non-hydrogen) atoms. The average molecular weight is 428 g/mol. The fourth-order valence-corrected chi connectivity index (χ4v) is 4.02. The van der Waals surface area contributed by atoms with Gasteiger partial charge in [0, 0.05) is 32.4 Å². The van der Waals surface area contributed by atoms with Crippen LogP contribution in [-0.4, -0.2) is 50.2 Å². The van der Waals surface area contributed by atoms with E-state index in [1.807, 2.05) is 6.92 Å². The van der Waals surface area contributed by atoms with E-state index in [0.717, 1.165) is 44.6 Å². The number of methoxy groups -OCH3 is 1. The minimum atomic E-state index is -0.273. The van der Waals surface area contributed by atoms with Crippen LogP contribution in [0.1, 0.15) is 43.9 Å². The molecule has 0 aliphatic carbocycles. The summed E-state index contributed by atoms with van der Waals surface area (Å²) in [7, 11) is 1.79. The van der Waals surface area contributed by atoms with Crippen LogP contribution in [0.25, 0.3) is 0 Å². The third kappa shape index (κ3) is 6.77. The van der Waals surface area contributed by atoms with Crippen molar-refractivity contribution in [1.29, 1.82) is 0 Å². The van der Waals surface area contributed by atoms with Crippen LogP contribution in [0.4, 0.5) is 10.1 Å². The summed E-state index contributed by atoms with van der Waals surface area (Å²) < 4.78 is 18.6. The Morgan fingerprint density at radius 3 is 2.39 bits per heavy atom. The van der Waals surface area contributed by atoms with Crippen LogP contribution in [0, 0.1) is 5.82 Å². The molecule has 2 aromatic rings. The summed E-state index contributed by atoms with van der Waals surface area (Å²) in [5.41, 5.74) is 3.33. The highest BCUT2D eigenvalue weighted by Crippen LogP contribution is 2.22. The fraction of sp³-hybridized carbons (Fsp3) is 0.480. The molecular formula is C25H34FN3O2. The molecule has 1 saturated heterocycles. The summed E-state index contributed by atoms with van der Waals surface area (Å²) >= 11 is 0. The molecular weight excluding hydrogens is 393 g/mol. The smallest absolute Gasteiger partial charge is 0.234 e. The van der Waals surface area contributed by atoms with E-state index in [1.165, 1.54) is 23.4 Å². The van der Waals surface area contributed by atoms with Gasteiger partial charge in [0.2, 0.25) is 5.91 Å². The van der Waals surface area contributed by atoms with E-state index in [9.17, 15) is 9.18 Å². The van der Waals surface area contributed by atoms with Crippen molar-refractivity contribution in [2.45, 2.75) is 45.4 Å². The minimum absolute atomic E-state index is 0.0312. The van der Waals surface area contributed by atoms with Gasteiger partial charge in [-0.25, -0.2) is 4.39 Å². The number of carbonyl (C=O) groups is 1. The molecule has 1 fully saturated rings. The molecule has 168 valence electrons. The molecule has 1 atom stereocenters. The van der Waals surface area contributed by atoms with E-state index in [-0.39, 0.29) is 17.8 Å². The van der Waals surface area contributed by atoms with Gasteiger partial charge in [-0.1, -0.05) is 31.2 Å². The predicted octanol–water partition coefficient (Wildman–Crippen LogP) is 4.14. The third-order valence-electron chi connectivity index (χ3n) is 6.04. The maximum absolute atomic E-state index is 13.1. The van der Waals surface area contributed by atoms with Gasteiger partial charge in [-0.3, -0.25) is 9.69 Å². The van der Waals surface area contributed by atoms with E-state index in [1.54, 1.807) is 19.2 Å². The van der Waals surface area contributed by atoms with E-state index < -0.39 is 0 Å². The van der Waals surface area contributed by atoms with Crippen molar-refractivity contribution >= 4 is 11.6 Å². The first-order valence-corrected chi connectivity index (χ1v) is 11.1. The van der Waals surface area contributed by atoms with Gasteiger partial charge in [0.05, 0.1) is 18.7 Å². The van der Waals surface area contributed by atoms with Gasteiger partial charge in [-0.15, -0.1) is 0 Å². The van der Waals surface area contributed by atoms with Crippen molar-refractivity contribution in [2.24, 2.45) is 0 Å². The van der Waals surface area contributed by atoms with Gasteiger partial charge >= 0.3 is 0 Å². The Morgan fingerprint density at radius 1 is 1.16 bits per heavy atom. The predicted molar refractivity (Wildman–Crippen MR) is 123 cm³/mol. The molecule has 1 aliphatic rings. The number of benzene rings is 2. The first-order chi connectivity index (χ1) is 15.0. The highest BCUT2D eigenvalue weighted by molar-refractivity contribution is 5.78. The van der Waals surface area contributed by atoms with Crippen LogP contribution >= 0.6 is 0 Å². The molecule has 1 aliphatic heterocycles. The molecule has 1 N–H and O–H groups in total. The first kappa shape index (κ1) is 23.2. The normalized spacial score (nSPS) is 15.8. The molecule has 0 spiro atoms. The second kappa shape index (κ2) is 11.3. The van der Waals surface area contributed by atoms with Gasteiger partial charge in [-0.2, -0.15) is 0 Å². The van der Waals surface area contributed by atoms with Crippen molar-refractivity contribution in [1.82, 2.24) is 10.2 Å². The van der Waals surface area contributed by atoms with Gasteiger partial charge in [-0.05, 0) is 61.7 Å². The molecule has 0 unspecified atom stereocenters. The molecule has 1 amide bonds. The van der Waals surface area contributed by atoms with Gasteiger partial charge in [0.15, 0.2) is 0 Å². The largest absolute Gasteiger partial charge is 0.381 e. The van der Waals surface area contributed by atoms with Crippen molar-refractivity contribution in [2.75, 3.05) is 38.2 Å². The van der Waals surface area contributed by atoms with Crippen molar-refractivity contribution in [3.05, 3.63) is 65.5 Å². The zero-order valence-corrected chi connectivity index (χ0v) is 18.8. The Balaban J connectivity index is 1.49. The lowest BCUT2D eigenvalue weighted by Crippen LogP contribution is -2.38. The molecule has 5 nitrogen and oxygen atoms in total. The number of amides is 1. The summed E-state index contributed by atoms with van der Waals surface area (Å²) in [4.78, 5) is 17.0. The second-order valence-corrected chi connectivity index (χ2v) is 8.23. The molecule has 1 heterocycles. The number of piperidine rings is 1. The van der Waals surface area contributed by atoms with Gasteiger partial charge < -0.3 is 15.0 Å². The summed E-state index contributed by atoms with van der Waals surface area (Å²) in [6.45, 7) is 7.84. The molecule has 2 aromatic carbocycles. The Hall–Kier alpha value is -2.44. The SMILES string of the molecule is CCN(CC(=O)N[C@H](C)c1ccc(F)cc1)Cc1ccc(N2CCC(OC)CC2)cc1. The maximum atomic E-state index is 13.1. The second-order valence-electron chi connectivity index (χ2n) is 8.23. The number of nitrogens with zero attached hydrogens (tertiary/aromatic N) is 2. The Labute approximate surface area is 185 Å². The van der Waals surface area contributed by atoms with Crippen LogP contribution < -0.4 is 10.2 Å². The number of ether oxygens (including phenoxy) is 1. The number of halogens is 1. The van der Waals surface area contributed by atoms with Crippen molar-refractivity contribution in [3.8, 4) is 0 Å². The number of anilines is 1. The minimum Gasteiger partial charge on any atom is -0.381 e. The van der Waals surface area contributed by atoms with Crippen molar-refractivity contribution < 1.29 is 13.9 Å². The topological polar surface area (TPSA) is 44.8 Å². The first-order valence-electron chi connectivity index (χ1n) is 11.1. The molecule has 0 saturated carbocycles. The maximum Gasteiger partial charge on any atom is 0.234 e. The van der Waals surface area contributed by atoms with Crippen molar-refractivity contribution in [3.63, 3.8) is 0 Å². The molecule has 6 heteroatoms. The van der Waals surface area contributed by atoms with E-state index in [0.29, 0.717) is 12.6 Å². The van der Waals surface area contributed by atoms with Crippen LogP contribution in [-0.2, 0) is 16.1 Å². The molecule has 3 rings (SSSR count). The number of rotatable bonds is 9. The van der Waals surface area contributed by atoms with E-state index >= 15 is 0 Å². The number of nitrogens with one attached hydrogen (secondary N) is 1. The number of likely N-dealkylation sites (N-methyl/N-ethyl adjacent to an activating group) is 1. The Kier molecular flexibility index (Phi) is 8.43. The molecule has 0 aromatic heterocycles. The van der Waals surface area contributed by atoms with Crippen LogP contribution in [0.15, 0.2) is 48.5 Å². The standard InChI is InChI=1S/C25H34FN3O2/c1-4-28(18-25(30)27-19(2)21-7-9-22(26)10-8-21)17-20-5-11-23(12-6-20)29-15-13-24(31-3)14-16-29/h5-12,19,24H,4,13-18H2,1-3H3,(H,27,30)/t19-/m1/s1. The lowest BCUT2D eigenvalue weighted by molar-refractivity contribution is -0.123. The fourth-order valence-electron chi connectivity index (χ4n) is 4.02.